The topological polar surface area (TPSA) is 70.1 Å². The number of amides is 1. The van der Waals surface area contributed by atoms with Crippen LogP contribution in [0.1, 0.15) is 36.2 Å². The van der Waals surface area contributed by atoms with E-state index in [-0.39, 0.29) is 30.5 Å². The molecule has 0 bridgehead atoms. The van der Waals surface area contributed by atoms with Crippen LogP contribution in [0.4, 0.5) is 4.39 Å². The number of rotatable bonds is 4. The fourth-order valence-corrected chi connectivity index (χ4v) is 1.87. The van der Waals surface area contributed by atoms with Gasteiger partial charge < -0.3 is 10.6 Å². The van der Waals surface area contributed by atoms with Gasteiger partial charge in [0.2, 0.25) is 0 Å². The molecule has 0 radical (unpaired) electrons. The summed E-state index contributed by atoms with van der Waals surface area (Å²) >= 11 is 0. The van der Waals surface area contributed by atoms with Gasteiger partial charge in [-0.1, -0.05) is 11.8 Å². The van der Waals surface area contributed by atoms with E-state index < -0.39 is 5.82 Å². The van der Waals surface area contributed by atoms with Crippen LogP contribution in [-0.2, 0) is 0 Å². The lowest BCUT2D eigenvalue weighted by Crippen LogP contribution is -2.38. The van der Waals surface area contributed by atoms with Crippen LogP contribution >= 0.6 is 0 Å². The van der Waals surface area contributed by atoms with E-state index in [1.807, 2.05) is 19.9 Å². The van der Waals surface area contributed by atoms with E-state index in [0.29, 0.717) is 12.1 Å². The van der Waals surface area contributed by atoms with Gasteiger partial charge in [-0.25, -0.2) is 4.39 Å². The van der Waals surface area contributed by atoms with Crippen molar-refractivity contribution in [2.45, 2.75) is 26.3 Å². The molecule has 0 saturated heterocycles. The Bertz CT molecular complexity index is 608. The Kier molecular flexibility index (Phi) is 6.39. The van der Waals surface area contributed by atoms with Crippen molar-refractivity contribution < 1.29 is 9.18 Å². The number of halogens is 1. The molecule has 110 valence electrons. The molecule has 0 aromatic heterocycles. The molecule has 0 heterocycles. The van der Waals surface area contributed by atoms with Crippen molar-refractivity contribution in [1.29, 1.82) is 5.26 Å². The lowest BCUT2D eigenvalue weighted by atomic mass is 10.1. The lowest BCUT2D eigenvalue weighted by molar-refractivity contribution is 0.0709. The maximum atomic E-state index is 13.5. The average molecular weight is 287 g/mol. The SMILES string of the molecule is CC(C)N(CCC#N)C(=O)c1cc(F)ccc1C#CCN. The van der Waals surface area contributed by atoms with E-state index in [1.54, 1.807) is 0 Å². The molecule has 0 unspecified atom stereocenters. The summed E-state index contributed by atoms with van der Waals surface area (Å²) in [4.78, 5) is 14.1. The van der Waals surface area contributed by atoms with E-state index in [1.165, 1.54) is 23.1 Å². The first-order valence-corrected chi connectivity index (χ1v) is 6.67. The van der Waals surface area contributed by atoms with Gasteiger partial charge in [-0.05, 0) is 32.0 Å². The molecule has 5 heteroatoms. The zero-order valence-corrected chi connectivity index (χ0v) is 12.2. The second kappa shape index (κ2) is 8.04. The van der Waals surface area contributed by atoms with Gasteiger partial charge in [0.05, 0.1) is 24.6 Å². The molecule has 2 N–H and O–H groups in total. The highest BCUT2D eigenvalue weighted by Crippen LogP contribution is 2.15. The fraction of sp³-hybridized carbons (Fsp3) is 0.375. The third kappa shape index (κ3) is 4.59. The Labute approximate surface area is 124 Å². The van der Waals surface area contributed by atoms with Crippen molar-refractivity contribution >= 4 is 5.91 Å². The van der Waals surface area contributed by atoms with Crippen molar-refractivity contribution in [3.05, 3.63) is 35.1 Å². The van der Waals surface area contributed by atoms with E-state index in [9.17, 15) is 9.18 Å². The quantitative estimate of drug-likeness (QED) is 0.860. The highest BCUT2D eigenvalue weighted by atomic mass is 19.1. The molecule has 21 heavy (non-hydrogen) atoms. The standard InChI is InChI=1S/C16H18FN3O/c1-12(2)20(10-4-9-19)16(21)15-11-14(17)7-6-13(15)5-3-8-18/h6-7,11-12H,4,8,10,18H2,1-2H3. The summed E-state index contributed by atoms with van der Waals surface area (Å²) in [5.74, 6) is 4.61. The maximum Gasteiger partial charge on any atom is 0.255 e. The van der Waals surface area contributed by atoms with E-state index in [2.05, 4.69) is 11.8 Å². The van der Waals surface area contributed by atoms with Gasteiger partial charge in [-0.2, -0.15) is 5.26 Å². The number of hydrogen-bond acceptors (Lipinski definition) is 3. The fourth-order valence-electron chi connectivity index (χ4n) is 1.87. The second-order valence-corrected chi connectivity index (χ2v) is 4.70. The molecule has 0 aliphatic rings. The van der Waals surface area contributed by atoms with Gasteiger partial charge >= 0.3 is 0 Å². The highest BCUT2D eigenvalue weighted by Gasteiger charge is 2.21. The Balaban J connectivity index is 3.20. The van der Waals surface area contributed by atoms with Crippen LogP contribution < -0.4 is 5.73 Å². The third-order valence-electron chi connectivity index (χ3n) is 2.89. The van der Waals surface area contributed by atoms with Gasteiger partial charge in [0.1, 0.15) is 5.82 Å². The normalized spacial score (nSPS) is 9.71. The van der Waals surface area contributed by atoms with E-state index in [0.717, 1.165) is 0 Å². The van der Waals surface area contributed by atoms with Crippen molar-refractivity contribution in [3.8, 4) is 17.9 Å². The van der Waals surface area contributed by atoms with Crippen molar-refractivity contribution in [2.24, 2.45) is 5.73 Å². The molecule has 0 fully saturated rings. The van der Waals surface area contributed by atoms with Crippen LogP contribution in [0.2, 0.25) is 0 Å². The first-order valence-electron chi connectivity index (χ1n) is 6.67. The molecule has 4 nitrogen and oxygen atoms in total. The first kappa shape index (κ1) is 16.7. The number of benzene rings is 1. The number of carbonyl (C=O) groups is 1. The number of nitriles is 1. The smallest absolute Gasteiger partial charge is 0.255 e. The Morgan fingerprint density at radius 3 is 2.76 bits per heavy atom. The highest BCUT2D eigenvalue weighted by molar-refractivity contribution is 5.97. The summed E-state index contributed by atoms with van der Waals surface area (Å²) in [5, 5.41) is 8.68. The largest absolute Gasteiger partial charge is 0.335 e. The van der Waals surface area contributed by atoms with Crippen LogP contribution in [0.15, 0.2) is 18.2 Å². The monoisotopic (exact) mass is 287 g/mol. The Hall–Kier alpha value is -2.37. The second-order valence-electron chi connectivity index (χ2n) is 4.70. The zero-order valence-electron chi connectivity index (χ0n) is 12.2. The first-order chi connectivity index (χ1) is 10.0. The van der Waals surface area contributed by atoms with Crippen LogP contribution in [0.3, 0.4) is 0 Å². The van der Waals surface area contributed by atoms with Crippen LogP contribution in [0, 0.1) is 29.0 Å². The number of carbonyl (C=O) groups excluding carboxylic acids is 1. The minimum absolute atomic E-state index is 0.0931. The van der Waals surface area contributed by atoms with Gasteiger partial charge in [-0.15, -0.1) is 0 Å². The molecule has 1 aromatic rings. The van der Waals surface area contributed by atoms with Crippen molar-refractivity contribution in [1.82, 2.24) is 4.90 Å². The van der Waals surface area contributed by atoms with E-state index in [4.69, 9.17) is 11.0 Å². The van der Waals surface area contributed by atoms with Crippen molar-refractivity contribution in [3.63, 3.8) is 0 Å². The van der Waals surface area contributed by atoms with Gasteiger partial charge in [0, 0.05) is 18.2 Å². The molecular formula is C16H18FN3O. The Morgan fingerprint density at radius 2 is 2.19 bits per heavy atom. The third-order valence-corrected chi connectivity index (χ3v) is 2.89. The molecule has 0 saturated carbocycles. The molecule has 0 spiro atoms. The summed E-state index contributed by atoms with van der Waals surface area (Å²) in [6.07, 6.45) is 0.225. The number of nitrogens with zero attached hydrogens (tertiary/aromatic N) is 2. The molecular weight excluding hydrogens is 269 g/mol. The van der Waals surface area contributed by atoms with Gasteiger partial charge in [-0.3, -0.25) is 4.79 Å². The summed E-state index contributed by atoms with van der Waals surface area (Å²) in [6.45, 7) is 4.15. The Morgan fingerprint density at radius 1 is 1.48 bits per heavy atom. The molecule has 0 aliphatic carbocycles. The van der Waals surface area contributed by atoms with Crippen LogP contribution in [0.25, 0.3) is 0 Å². The molecule has 1 rings (SSSR count). The minimum Gasteiger partial charge on any atom is -0.335 e. The van der Waals surface area contributed by atoms with Gasteiger partial charge in [0.25, 0.3) is 5.91 Å². The lowest BCUT2D eigenvalue weighted by Gasteiger charge is -2.26. The molecule has 0 atom stereocenters. The van der Waals surface area contributed by atoms with Crippen LogP contribution in [-0.4, -0.2) is 29.9 Å². The van der Waals surface area contributed by atoms with E-state index >= 15 is 0 Å². The predicted molar refractivity (Wildman–Crippen MR) is 78.7 cm³/mol. The molecule has 0 aliphatic heterocycles. The summed E-state index contributed by atoms with van der Waals surface area (Å²) in [7, 11) is 0. The average Bonchev–Trinajstić information content (AvgIpc) is 2.45. The molecule has 1 amide bonds. The van der Waals surface area contributed by atoms with Gasteiger partial charge in [0.15, 0.2) is 0 Å². The zero-order chi connectivity index (χ0) is 15.8. The van der Waals surface area contributed by atoms with Crippen LogP contribution in [0.5, 0.6) is 0 Å². The number of hydrogen-bond donors (Lipinski definition) is 1. The summed E-state index contributed by atoms with van der Waals surface area (Å²) < 4.78 is 13.5. The number of nitrogens with two attached hydrogens (primary N) is 1. The maximum absolute atomic E-state index is 13.5. The molecule has 1 aromatic carbocycles. The summed E-state index contributed by atoms with van der Waals surface area (Å²) in [5.41, 5.74) is 5.96. The van der Waals surface area contributed by atoms with Crippen molar-refractivity contribution in [2.75, 3.05) is 13.1 Å². The summed E-state index contributed by atoms with van der Waals surface area (Å²) in [6, 6.07) is 5.81. The predicted octanol–water partition coefficient (Wildman–Crippen LogP) is 1.90. The minimum atomic E-state index is -0.499.